The van der Waals surface area contributed by atoms with Crippen molar-refractivity contribution in [1.82, 2.24) is 9.78 Å². The van der Waals surface area contributed by atoms with E-state index in [1.165, 1.54) is 5.56 Å². The number of benzene rings is 1. The molecule has 0 aliphatic rings. The topological polar surface area (TPSA) is 76.4 Å². The summed E-state index contributed by atoms with van der Waals surface area (Å²) in [5.74, 6) is 0.00528. The largest absolute Gasteiger partial charge is 0.409 e. The fraction of sp³-hybridized carbons (Fsp3) is 0.375. The molecule has 21 heavy (non-hydrogen) atoms. The molecule has 0 fully saturated rings. The molecule has 0 bridgehead atoms. The van der Waals surface area contributed by atoms with Crippen molar-refractivity contribution in [2.45, 2.75) is 39.7 Å². The van der Waals surface area contributed by atoms with Crippen LogP contribution in [0.4, 0.5) is 0 Å². The van der Waals surface area contributed by atoms with Gasteiger partial charge in [0.25, 0.3) is 0 Å². The van der Waals surface area contributed by atoms with Crippen LogP contribution in [0.2, 0.25) is 0 Å². The number of hydrogen-bond acceptors (Lipinski definition) is 3. The highest BCUT2D eigenvalue weighted by Crippen LogP contribution is 2.21. The lowest BCUT2D eigenvalue weighted by Crippen LogP contribution is -2.26. The Balaban J connectivity index is 2.37. The van der Waals surface area contributed by atoms with Crippen LogP contribution >= 0.6 is 0 Å². The van der Waals surface area contributed by atoms with Gasteiger partial charge in [-0.15, -0.1) is 0 Å². The summed E-state index contributed by atoms with van der Waals surface area (Å²) in [6.45, 7) is 6.77. The minimum atomic E-state index is -0.195. The van der Waals surface area contributed by atoms with Crippen LogP contribution in [-0.4, -0.2) is 20.8 Å². The zero-order valence-corrected chi connectivity index (χ0v) is 12.7. The van der Waals surface area contributed by atoms with Crippen LogP contribution in [0.25, 0.3) is 0 Å². The summed E-state index contributed by atoms with van der Waals surface area (Å²) in [7, 11) is 0. The van der Waals surface area contributed by atoms with Crippen LogP contribution in [0.3, 0.4) is 0 Å². The molecule has 1 heterocycles. The van der Waals surface area contributed by atoms with Crippen LogP contribution in [0.15, 0.2) is 35.5 Å². The molecule has 0 radical (unpaired) electrons. The molecule has 0 aliphatic carbocycles. The van der Waals surface area contributed by atoms with Crippen LogP contribution in [-0.2, 0) is 13.0 Å². The van der Waals surface area contributed by atoms with Gasteiger partial charge in [0.2, 0.25) is 0 Å². The van der Waals surface area contributed by atoms with Crippen LogP contribution in [0, 0.1) is 13.8 Å². The SMILES string of the molecule is CCc1c(C)nn(CC(C(N)=NO)c2ccccc2)c1C. The lowest BCUT2D eigenvalue weighted by molar-refractivity contribution is 0.315. The first-order valence-electron chi connectivity index (χ1n) is 7.13. The van der Waals surface area contributed by atoms with E-state index in [1.807, 2.05) is 41.9 Å². The minimum absolute atomic E-state index is 0.195. The number of oxime groups is 1. The van der Waals surface area contributed by atoms with E-state index in [0.717, 1.165) is 23.4 Å². The van der Waals surface area contributed by atoms with E-state index >= 15 is 0 Å². The first kappa shape index (κ1) is 15.1. The van der Waals surface area contributed by atoms with Gasteiger partial charge in [0, 0.05) is 5.69 Å². The van der Waals surface area contributed by atoms with Crippen LogP contribution < -0.4 is 5.73 Å². The Bertz CT molecular complexity index is 631. The summed E-state index contributed by atoms with van der Waals surface area (Å²) in [5, 5.41) is 16.8. The molecule has 1 aromatic carbocycles. The van der Waals surface area contributed by atoms with Crippen LogP contribution in [0.1, 0.15) is 35.4 Å². The molecule has 0 saturated heterocycles. The van der Waals surface area contributed by atoms with E-state index in [4.69, 9.17) is 10.9 Å². The highest BCUT2D eigenvalue weighted by Gasteiger charge is 2.20. The molecule has 1 atom stereocenters. The predicted molar refractivity (Wildman–Crippen MR) is 83.7 cm³/mol. The fourth-order valence-corrected chi connectivity index (χ4v) is 2.72. The second-order valence-electron chi connectivity index (χ2n) is 5.17. The van der Waals surface area contributed by atoms with Crippen molar-refractivity contribution in [3.63, 3.8) is 0 Å². The zero-order valence-electron chi connectivity index (χ0n) is 12.7. The Morgan fingerprint density at radius 3 is 2.52 bits per heavy atom. The maximum Gasteiger partial charge on any atom is 0.148 e. The van der Waals surface area contributed by atoms with Crippen molar-refractivity contribution < 1.29 is 5.21 Å². The van der Waals surface area contributed by atoms with E-state index in [1.54, 1.807) is 0 Å². The first-order valence-corrected chi connectivity index (χ1v) is 7.13. The zero-order chi connectivity index (χ0) is 15.4. The lowest BCUT2D eigenvalue weighted by atomic mass is 9.98. The molecule has 0 saturated carbocycles. The number of amidine groups is 1. The molecule has 2 aromatic rings. The van der Waals surface area contributed by atoms with E-state index in [0.29, 0.717) is 6.54 Å². The lowest BCUT2D eigenvalue weighted by Gasteiger charge is -2.17. The van der Waals surface area contributed by atoms with Crippen LogP contribution in [0.5, 0.6) is 0 Å². The monoisotopic (exact) mass is 286 g/mol. The number of hydrogen-bond donors (Lipinski definition) is 2. The Morgan fingerprint density at radius 2 is 2.00 bits per heavy atom. The van der Waals surface area contributed by atoms with Crippen molar-refractivity contribution in [3.05, 3.63) is 52.8 Å². The van der Waals surface area contributed by atoms with Gasteiger partial charge in [0.15, 0.2) is 0 Å². The fourth-order valence-electron chi connectivity index (χ4n) is 2.72. The molecule has 2 rings (SSSR count). The molecule has 112 valence electrons. The number of rotatable bonds is 5. The highest BCUT2D eigenvalue weighted by atomic mass is 16.4. The van der Waals surface area contributed by atoms with Crippen molar-refractivity contribution in [2.75, 3.05) is 0 Å². The normalized spacial score (nSPS) is 13.4. The van der Waals surface area contributed by atoms with Gasteiger partial charge < -0.3 is 10.9 Å². The van der Waals surface area contributed by atoms with E-state index < -0.39 is 0 Å². The second kappa shape index (κ2) is 6.43. The number of aryl methyl sites for hydroxylation is 1. The Hall–Kier alpha value is -2.30. The third-order valence-electron chi connectivity index (χ3n) is 3.91. The molecule has 0 aliphatic heterocycles. The van der Waals surface area contributed by atoms with E-state index in [9.17, 15) is 0 Å². The van der Waals surface area contributed by atoms with Crippen molar-refractivity contribution in [3.8, 4) is 0 Å². The van der Waals surface area contributed by atoms with Gasteiger partial charge in [-0.2, -0.15) is 5.10 Å². The van der Waals surface area contributed by atoms with Gasteiger partial charge in [-0.25, -0.2) is 0 Å². The molecule has 1 aromatic heterocycles. The molecule has 0 spiro atoms. The number of aromatic nitrogens is 2. The van der Waals surface area contributed by atoms with Gasteiger partial charge >= 0.3 is 0 Å². The first-order chi connectivity index (χ1) is 10.1. The van der Waals surface area contributed by atoms with E-state index in [-0.39, 0.29) is 11.8 Å². The molecule has 5 heteroatoms. The summed E-state index contributed by atoms with van der Waals surface area (Å²) >= 11 is 0. The van der Waals surface area contributed by atoms with E-state index in [2.05, 4.69) is 24.1 Å². The summed E-state index contributed by atoms with van der Waals surface area (Å²) in [6, 6.07) is 9.81. The predicted octanol–water partition coefficient (Wildman–Crippen LogP) is 2.59. The van der Waals surface area contributed by atoms with Gasteiger partial charge in [-0.05, 0) is 31.4 Å². The summed E-state index contributed by atoms with van der Waals surface area (Å²) in [5.41, 5.74) is 10.3. The molecule has 5 nitrogen and oxygen atoms in total. The van der Waals surface area contributed by atoms with Gasteiger partial charge in [-0.1, -0.05) is 42.4 Å². The summed E-state index contributed by atoms with van der Waals surface area (Å²) < 4.78 is 1.95. The number of nitrogens with zero attached hydrogens (tertiary/aromatic N) is 3. The maximum absolute atomic E-state index is 9.05. The third-order valence-corrected chi connectivity index (χ3v) is 3.91. The minimum Gasteiger partial charge on any atom is -0.409 e. The van der Waals surface area contributed by atoms with Gasteiger partial charge in [0.1, 0.15) is 5.84 Å². The van der Waals surface area contributed by atoms with Crippen molar-refractivity contribution in [1.29, 1.82) is 0 Å². The van der Waals surface area contributed by atoms with Gasteiger partial charge in [0.05, 0.1) is 18.2 Å². The third kappa shape index (κ3) is 3.07. The molecule has 1 unspecified atom stereocenters. The Labute approximate surface area is 125 Å². The molecule has 3 N–H and O–H groups in total. The average molecular weight is 286 g/mol. The van der Waals surface area contributed by atoms with Crippen molar-refractivity contribution in [2.24, 2.45) is 10.9 Å². The van der Waals surface area contributed by atoms with Gasteiger partial charge in [-0.3, -0.25) is 4.68 Å². The Morgan fingerprint density at radius 1 is 1.33 bits per heavy atom. The molecule has 0 amide bonds. The second-order valence-corrected chi connectivity index (χ2v) is 5.17. The smallest absolute Gasteiger partial charge is 0.148 e. The maximum atomic E-state index is 9.05. The molecular formula is C16H22N4O. The summed E-state index contributed by atoms with van der Waals surface area (Å²) in [4.78, 5) is 0. The molecular weight excluding hydrogens is 264 g/mol. The highest BCUT2D eigenvalue weighted by molar-refractivity contribution is 5.86. The number of nitrogens with two attached hydrogens (primary N) is 1. The average Bonchev–Trinajstić information content (AvgIpc) is 2.78. The summed E-state index contributed by atoms with van der Waals surface area (Å²) in [6.07, 6.45) is 0.956. The van der Waals surface area contributed by atoms with Crippen molar-refractivity contribution >= 4 is 5.84 Å². The standard InChI is InChI=1S/C16H22N4O/c1-4-14-11(2)18-20(12(14)3)10-15(16(17)19-21)13-8-6-5-7-9-13/h5-9,15,21H,4,10H2,1-3H3,(H2,17,19). The Kier molecular flexibility index (Phi) is 4.62. The quantitative estimate of drug-likeness (QED) is 0.384.